The van der Waals surface area contributed by atoms with Crippen LogP contribution in [0.15, 0.2) is 30.3 Å². The molecule has 1 aliphatic rings. The van der Waals surface area contributed by atoms with Crippen LogP contribution in [-0.4, -0.2) is 47.2 Å². The van der Waals surface area contributed by atoms with Crippen molar-refractivity contribution in [1.82, 2.24) is 20.4 Å². The minimum Gasteiger partial charge on any atom is -0.497 e. The molecule has 1 fully saturated rings. The fraction of sp³-hybridized carbons (Fsp3) is 0.312. The van der Waals surface area contributed by atoms with Crippen molar-refractivity contribution in [2.24, 2.45) is 0 Å². The molecule has 7 heteroatoms. The van der Waals surface area contributed by atoms with Gasteiger partial charge in [-0.15, -0.1) is 0 Å². The Hall–Kier alpha value is -3.01. The summed E-state index contributed by atoms with van der Waals surface area (Å²) < 4.78 is 5.12. The average Bonchev–Trinajstić information content (AvgIpc) is 3.24. The van der Waals surface area contributed by atoms with Crippen molar-refractivity contribution in [3.63, 3.8) is 0 Å². The number of carbonyl (C=O) groups is 1. The van der Waals surface area contributed by atoms with Gasteiger partial charge in [-0.25, -0.2) is 0 Å². The molecule has 0 unspecified atom stereocenters. The summed E-state index contributed by atoms with van der Waals surface area (Å²) in [6.45, 7) is 1.24. The van der Waals surface area contributed by atoms with Crippen molar-refractivity contribution in [3.8, 4) is 23.2 Å². The number of hydrogen-bond acceptors (Lipinski definition) is 5. The van der Waals surface area contributed by atoms with Gasteiger partial charge < -0.3 is 15.0 Å². The summed E-state index contributed by atoms with van der Waals surface area (Å²) in [5.74, 6) is 0.563. The van der Waals surface area contributed by atoms with Gasteiger partial charge in [0, 0.05) is 24.7 Å². The molecule has 0 radical (unpaired) electrons. The second-order valence-corrected chi connectivity index (χ2v) is 5.40. The number of amides is 1. The third-order valence-electron chi connectivity index (χ3n) is 3.87. The highest BCUT2D eigenvalue weighted by molar-refractivity contribution is 5.93. The number of carbonyl (C=O) groups excluding carboxylic acids is 1. The van der Waals surface area contributed by atoms with Crippen LogP contribution in [0.1, 0.15) is 16.9 Å². The molecule has 1 amide bonds. The molecular formula is C16H17N5O2. The van der Waals surface area contributed by atoms with Gasteiger partial charge in [0.15, 0.2) is 6.19 Å². The molecule has 1 aliphatic heterocycles. The molecule has 1 saturated heterocycles. The van der Waals surface area contributed by atoms with E-state index >= 15 is 0 Å². The van der Waals surface area contributed by atoms with Crippen LogP contribution < -0.4 is 10.1 Å². The second kappa shape index (κ2) is 6.40. The number of rotatable bonds is 4. The lowest BCUT2D eigenvalue weighted by atomic mass is 10.1. The standard InChI is InChI=1S/C16H17N5O2/c1-23-13-4-2-11(3-5-13)14-8-15(20-19-14)16(22)18-12-6-7-21(9-12)10-17/h2-5,8,12H,6-7,9H2,1H3,(H,18,22)(H,19,20)/t12-/m1/s1. The maximum Gasteiger partial charge on any atom is 0.269 e. The monoisotopic (exact) mass is 311 g/mol. The molecule has 0 aliphatic carbocycles. The second-order valence-electron chi connectivity index (χ2n) is 5.40. The molecule has 1 aromatic carbocycles. The van der Waals surface area contributed by atoms with E-state index < -0.39 is 0 Å². The Bertz CT molecular complexity index is 732. The molecule has 7 nitrogen and oxygen atoms in total. The Labute approximate surface area is 133 Å². The van der Waals surface area contributed by atoms with E-state index in [0.29, 0.717) is 24.5 Å². The molecule has 118 valence electrons. The van der Waals surface area contributed by atoms with E-state index in [9.17, 15) is 4.79 Å². The van der Waals surface area contributed by atoms with Crippen molar-refractivity contribution in [1.29, 1.82) is 5.26 Å². The van der Waals surface area contributed by atoms with Crippen LogP contribution in [0.25, 0.3) is 11.3 Å². The molecule has 2 aromatic rings. The van der Waals surface area contributed by atoms with Crippen LogP contribution in [0.2, 0.25) is 0 Å². The minimum absolute atomic E-state index is 0.00473. The van der Waals surface area contributed by atoms with Crippen molar-refractivity contribution in [2.45, 2.75) is 12.5 Å². The van der Waals surface area contributed by atoms with Gasteiger partial charge in [-0.2, -0.15) is 10.4 Å². The maximum atomic E-state index is 12.2. The zero-order valence-electron chi connectivity index (χ0n) is 12.7. The zero-order chi connectivity index (χ0) is 16.2. The van der Waals surface area contributed by atoms with E-state index in [1.54, 1.807) is 18.1 Å². The highest BCUT2D eigenvalue weighted by atomic mass is 16.5. The van der Waals surface area contributed by atoms with E-state index in [0.717, 1.165) is 17.7 Å². The van der Waals surface area contributed by atoms with Crippen LogP contribution >= 0.6 is 0 Å². The van der Waals surface area contributed by atoms with Crippen LogP contribution in [-0.2, 0) is 0 Å². The largest absolute Gasteiger partial charge is 0.497 e. The highest BCUT2D eigenvalue weighted by Crippen LogP contribution is 2.21. The number of likely N-dealkylation sites (tertiary alicyclic amines) is 1. The van der Waals surface area contributed by atoms with Crippen LogP contribution in [0.3, 0.4) is 0 Å². The van der Waals surface area contributed by atoms with E-state index in [2.05, 4.69) is 21.7 Å². The molecule has 2 N–H and O–H groups in total. The lowest BCUT2D eigenvalue weighted by Crippen LogP contribution is -2.36. The van der Waals surface area contributed by atoms with Gasteiger partial charge in [0.05, 0.1) is 12.8 Å². The number of nitrogens with zero attached hydrogens (tertiary/aromatic N) is 3. The van der Waals surface area contributed by atoms with Gasteiger partial charge in [-0.1, -0.05) is 0 Å². The Morgan fingerprint density at radius 2 is 2.26 bits per heavy atom. The predicted molar refractivity (Wildman–Crippen MR) is 83.6 cm³/mol. The number of ether oxygens (including phenoxy) is 1. The highest BCUT2D eigenvalue weighted by Gasteiger charge is 2.24. The first-order valence-electron chi connectivity index (χ1n) is 7.35. The quantitative estimate of drug-likeness (QED) is 0.832. The summed E-state index contributed by atoms with van der Waals surface area (Å²) in [6.07, 6.45) is 2.87. The van der Waals surface area contributed by atoms with Gasteiger partial charge in [-0.05, 0) is 36.8 Å². The lowest BCUT2D eigenvalue weighted by Gasteiger charge is -2.10. The molecule has 1 aromatic heterocycles. The first-order valence-corrected chi connectivity index (χ1v) is 7.35. The summed E-state index contributed by atoms with van der Waals surface area (Å²) in [5, 5.41) is 18.7. The first-order chi connectivity index (χ1) is 11.2. The molecule has 0 saturated carbocycles. The van der Waals surface area contributed by atoms with Crippen LogP contribution in [0.5, 0.6) is 5.75 Å². The van der Waals surface area contributed by atoms with Gasteiger partial charge in [-0.3, -0.25) is 9.89 Å². The SMILES string of the molecule is COc1ccc(-c2cc(C(=O)N[C@@H]3CCN(C#N)C3)[nH]n2)cc1. The smallest absolute Gasteiger partial charge is 0.269 e. The van der Waals surface area contributed by atoms with Gasteiger partial charge in [0.2, 0.25) is 0 Å². The third kappa shape index (κ3) is 3.26. The number of benzene rings is 1. The van der Waals surface area contributed by atoms with Crippen molar-refractivity contribution < 1.29 is 9.53 Å². The molecule has 3 rings (SSSR count). The summed E-state index contributed by atoms with van der Waals surface area (Å²) in [6, 6.07) is 9.18. The average molecular weight is 311 g/mol. The topological polar surface area (TPSA) is 94.0 Å². The van der Waals surface area contributed by atoms with E-state index in [1.165, 1.54) is 0 Å². The Morgan fingerprint density at radius 3 is 2.91 bits per heavy atom. The number of aromatic nitrogens is 2. The van der Waals surface area contributed by atoms with Crippen LogP contribution in [0.4, 0.5) is 0 Å². The number of aromatic amines is 1. The van der Waals surface area contributed by atoms with E-state index in [-0.39, 0.29) is 11.9 Å². The molecule has 23 heavy (non-hydrogen) atoms. The van der Waals surface area contributed by atoms with Gasteiger partial charge in [0.25, 0.3) is 5.91 Å². The van der Waals surface area contributed by atoms with Crippen LogP contribution in [0, 0.1) is 11.5 Å². The number of methoxy groups -OCH3 is 1. The number of hydrogen-bond donors (Lipinski definition) is 2. The number of H-pyrrole nitrogens is 1. The molecule has 1 atom stereocenters. The summed E-state index contributed by atoms with van der Waals surface area (Å²) in [5.41, 5.74) is 2.01. The first kappa shape index (κ1) is 14.9. The van der Waals surface area contributed by atoms with E-state index in [1.807, 2.05) is 24.3 Å². The minimum atomic E-state index is -0.206. The van der Waals surface area contributed by atoms with Gasteiger partial charge in [0.1, 0.15) is 11.4 Å². The lowest BCUT2D eigenvalue weighted by molar-refractivity contribution is 0.0933. The van der Waals surface area contributed by atoms with Gasteiger partial charge >= 0.3 is 0 Å². The Morgan fingerprint density at radius 1 is 1.48 bits per heavy atom. The Balaban J connectivity index is 1.66. The normalized spacial score (nSPS) is 16.9. The summed E-state index contributed by atoms with van der Waals surface area (Å²) in [4.78, 5) is 13.9. The Kier molecular flexibility index (Phi) is 4.15. The van der Waals surface area contributed by atoms with Crippen molar-refractivity contribution in [3.05, 3.63) is 36.0 Å². The number of nitrogens with one attached hydrogen (secondary N) is 2. The number of nitriles is 1. The fourth-order valence-electron chi connectivity index (χ4n) is 2.58. The molecule has 0 spiro atoms. The maximum absolute atomic E-state index is 12.2. The molecular weight excluding hydrogens is 294 g/mol. The zero-order valence-corrected chi connectivity index (χ0v) is 12.7. The molecule has 0 bridgehead atoms. The predicted octanol–water partition coefficient (Wildman–Crippen LogP) is 1.37. The fourth-order valence-corrected chi connectivity index (χ4v) is 2.58. The van der Waals surface area contributed by atoms with Crippen molar-refractivity contribution >= 4 is 5.91 Å². The molecule has 2 heterocycles. The summed E-state index contributed by atoms with van der Waals surface area (Å²) >= 11 is 0. The third-order valence-corrected chi connectivity index (χ3v) is 3.87. The van der Waals surface area contributed by atoms with Crippen molar-refractivity contribution in [2.75, 3.05) is 20.2 Å². The van der Waals surface area contributed by atoms with E-state index in [4.69, 9.17) is 10.00 Å². The summed E-state index contributed by atoms with van der Waals surface area (Å²) in [7, 11) is 1.61.